The summed E-state index contributed by atoms with van der Waals surface area (Å²) in [5, 5.41) is 11.2. The number of aromatic hydroxyl groups is 1. The van der Waals surface area contributed by atoms with Crippen molar-refractivity contribution in [1.82, 2.24) is 5.32 Å². The number of amides is 1. The number of carbonyl (C=O) groups excluding carboxylic acids is 3. The molecular weight excluding hydrogens is 254 g/mol. The Balaban J connectivity index is 2.96. The number of carbonyl (C=O) groups is 3. The molecule has 0 aliphatic heterocycles. The van der Waals surface area contributed by atoms with E-state index in [-0.39, 0.29) is 11.3 Å². The molecule has 1 rings (SSSR count). The molecule has 0 aliphatic carbocycles. The van der Waals surface area contributed by atoms with E-state index < -0.39 is 23.9 Å². The number of phenolic OH excluding ortho intramolecular Hbond substituents is 1. The maximum absolute atomic E-state index is 12.1. The van der Waals surface area contributed by atoms with Crippen LogP contribution in [0.3, 0.4) is 0 Å². The third-order valence-electron chi connectivity index (χ3n) is 2.30. The van der Waals surface area contributed by atoms with Gasteiger partial charge in [-0.15, -0.1) is 0 Å². The maximum atomic E-state index is 12.1. The first-order valence-electron chi connectivity index (χ1n) is 5.25. The second-order valence-electron chi connectivity index (χ2n) is 3.50. The van der Waals surface area contributed by atoms with Crippen molar-refractivity contribution in [3.8, 4) is 5.75 Å². The fraction of sp³-hybridized carbons (Fsp3) is 0.250. The van der Waals surface area contributed by atoms with Gasteiger partial charge in [0.1, 0.15) is 5.75 Å². The molecule has 1 aromatic rings. The van der Waals surface area contributed by atoms with Crippen LogP contribution in [0.2, 0.25) is 0 Å². The smallest absolute Gasteiger partial charge is 0.407 e. The Morgan fingerprint density at radius 2 is 1.68 bits per heavy atom. The molecule has 1 amide bonds. The number of hydrogen-bond acceptors (Lipinski definition) is 6. The molecule has 0 radical (unpaired) electrons. The summed E-state index contributed by atoms with van der Waals surface area (Å²) >= 11 is 0. The van der Waals surface area contributed by atoms with Gasteiger partial charge in [0.15, 0.2) is 11.8 Å². The third-order valence-corrected chi connectivity index (χ3v) is 2.30. The van der Waals surface area contributed by atoms with Gasteiger partial charge in [-0.2, -0.15) is 0 Å². The molecule has 1 atom stereocenters. The average Bonchev–Trinajstić information content (AvgIpc) is 2.43. The molecule has 0 bridgehead atoms. The number of ether oxygens (including phenoxy) is 2. The number of benzene rings is 1. The summed E-state index contributed by atoms with van der Waals surface area (Å²) in [4.78, 5) is 34.6. The summed E-state index contributed by atoms with van der Waals surface area (Å²) in [6, 6.07) is 3.74. The van der Waals surface area contributed by atoms with Gasteiger partial charge < -0.3 is 19.9 Å². The molecule has 0 spiro atoms. The van der Waals surface area contributed by atoms with Crippen molar-refractivity contribution < 1.29 is 29.0 Å². The van der Waals surface area contributed by atoms with E-state index in [1.54, 1.807) is 0 Å². The Hall–Kier alpha value is -2.57. The molecule has 7 heteroatoms. The van der Waals surface area contributed by atoms with E-state index in [9.17, 15) is 14.4 Å². The topological polar surface area (TPSA) is 102 Å². The predicted octanol–water partition coefficient (Wildman–Crippen LogP) is 0.472. The first-order valence-corrected chi connectivity index (χ1v) is 5.25. The van der Waals surface area contributed by atoms with E-state index in [0.717, 1.165) is 14.2 Å². The molecule has 102 valence electrons. The van der Waals surface area contributed by atoms with Crippen molar-refractivity contribution in [3.63, 3.8) is 0 Å². The van der Waals surface area contributed by atoms with E-state index in [4.69, 9.17) is 5.11 Å². The lowest BCUT2D eigenvalue weighted by atomic mass is 10.0. The van der Waals surface area contributed by atoms with Gasteiger partial charge in [-0.25, -0.2) is 9.59 Å². The Morgan fingerprint density at radius 1 is 1.11 bits per heavy atom. The zero-order valence-electron chi connectivity index (χ0n) is 10.4. The average molecular weight is 267 g/mol. The first kappa shape index (κ1) is 14.5. The van der Waals surface area contributed by atoms with Gasteiger partial charge in [0.2, 0.25) is 0 Å². The van der Waals surface area contributed by atoms with Gasteiger partial charge in [-0.05, 0) is 24.3 Å². The first-order chi connectivity index (χ1) is 8.99. The lowest BCUT2D eigenvalue weighted by Crippen LogP contribution is -2.47. The number of methoxy groups -OCH3 is 2. The number of Topliss-reactive ketones (excluding diaryl/α,β-unsaturated/α-hetero) is 1. The summed E-state index contributed by atoms with van der Waals surface area (Å²) in [5.41, 5.74) is 0.143. The SMILES string of the molecule is COC(=O)N[C@H](C(=O)OC)C(=O)c1ccc(O)cc1. The van der Waals surface area contributed by atoms with E-state index in [2.05, 4.69) is 14.8 Å². The van der Waals surface area contributed by atoms with Crippen molar-refractivity contribution in [3.05, 3.63) is 29.8 Å². The van der Waals surface area contributed by atoms with Crippen LogP contribution in [0.25, 0.3) is 0 Å². The number of ketones is 1. The van der Waals surface area contributed by atoms with Crippen molar-refractivity contribution in [2.24, 2.45) is 0 Å². The number of nitrogens with one attached hydrogen (secondary N) is 1. The quantitative estimate of drug-likeness (QED) is 0.467. The second-order valence-corrected chi connectivity index (χ2v) is 3.50. The lowest BCUT2D eigenvalue weighted by Gasteiger charge is -2.14. The van der Waals surface area contributed by atoms with Crippen LogP contribution in [-0.4, -0.2) is 43.2 Å². The van der Waals surface area contributed by atoms with Crippen LogP contribution >= 0.6 is 0 Å². The van der Waals surface area contributed by atoms with Crippen LogP contribution in [0.1, 0.15) is 10.4 Å². The second kappa shape index (κ2) is 6.39. The molecular formula is C12H13NO6. The highest BCUT2D eigenvalue weighted by Crippen LogP contribution is 2.12. The maximum Gasteiger partial charge on any atom is 0.407 e. The van der Waals surface area contributed by atoms with Crippen molar-refractivity contribution in [2.45, 2.75) is 6.04 Å². The normalized spacial score (nSPS) is 11.3. The molecule has 0 unspecified atom stereocenters. The van der Waals surface area contributed by atoms with Crippen molar-refractivity contribution >= 4 is 17.8 Å². The largest absolute Gasteiger partial charge is 0.508 e. The number of esters is 1. The number of hydrogen-bond donors (Lipinski definition) is 2. The highest BCUT2D eigenvalue weighted by Gasteiger charge is 2.30. The van der Waals surface area contributed by atoms with Gasteiger partial charge in [0.25, 0.3) is 0 Å². The minimum Gasteiger partial charge on any atom is -0.508 e. The molecule has 7 nitrogen and oxygen atoms in total. The van der Waals surface area contributed by atoms with Crippen LogP contribution in [0.5, 0.6) is 5.75 Å². The summed E-state index contributed by atoms with van der Waals surface area (Å²) in [6.45, 7) is 0. The molecule has 1 aromatic carbocycles. The van der Waals surface area contributed by atoms with Crippen LogP contribution < -0.4 is 5.32 Å². The van der Waals surface area contributed by atoms with Crippen molar-refractivity contribution in [1.29, 1.82) is 0 Å². The van der Waals surface area contributed by atoms with E-state index in [1.165, 1.54) is 24.3 Å². The molecule has 2 N–H and O–H groups in total. The van der Waals surface area contributed by atoms with Gasteiger partial charge in [-0.1, -0.05) is 0 Å². The number of phenols is 1. The standard InChI is InChI=1S/C12H13NO6/c1-18-11(16)9(13-12(17)19-2)10(15)7-3-5-8(14)6-4-7/h3-6,9,14H,1-2H3,(H,13,17)/t9-/m0/s1. The Morgan fingerprint density at radius 3 is 2.16 bits per heavy atom. The summed E-state index contributed by atoms with van der Waals surface area (Å²) in [6.07, 6.45) is -0.928. The highest BCUT2D eigenvalue weighted by atomic mass is 16.5. The van der Waals surface area contributed by atoms with Crippen molar-refractivity contribution in [2.75, 3.05) is 14.2 Å². The summed E-state index contributed by atoms with van der Waals surface area (Å²) in [7, 11) is 2.20. The highest BCUT2D eigenvalue weighted by molar-refractivity contribution is 6.13. The zero-order valence-corrected chi connectivity index (χ0v) is 10.4. The predicted molar refractivity (Wildman–Crippen MR) is 63.8 cm³/mol. The minimum atomic E-state index is -1.50. The fourth-order valence-electron chi connectivity index (χ4n) is 1.32. The lowest BCUT2D eigenvalue weighted by molar-refractivity contribution is -0.141. The molecule has 0 saturated heterocycles. The van der Waals surface area contributed by atoms with Gasteiger partial charge in [0, 0.05) is 5.56 Å². The van der Waals surface area contributed by atoms with Gasteiger partial charge >= 0.3 is 12.1 Å². The number of alkyl carbamates (subject to hydrolysis) is 1. The van der Waals surface area contributed by atoms with Crippen LogP contribution in [0.4, 0.5) is 4.79 Å². The van der Waals surface area contributed by atoms with Crippen LogP contribution in [-0.2, 0) is 14.3 Å². The van der Waals surface area contributed by atoms with E-state index in [0.29, 0.717) is 0 Å². The summed E-state index contributed by atoms with van der Waals surface area (Å²) in [5.74, 6) is -1.60. The summed E-state index contributed by atoms with van der Waals surface area (Å²) < 4.78 is 8.78. The minimum absolute atomic E-state index is 0.0212. The van der Waals surface area contributed by atoms with Gasteiger partial charge in [-0.3, -0.25) is 4.79 Å². The molecule has 19 heavy (non-hydrogen) atoms. The van der Waals surface area contributed by atoms with Crippen LogP contribution in [0, 0.1) is 0 Å². The van der Waals surface area contributed by atoms with E-state index >= 15 is 0 Å². The molecule has 0 fully saturated rings. The molecule has 0 heterocycles. The molecule has 0 aliphatic rings. The monoisotopic (exact) mass is 267 g/mol. The molecule has 0 saturated carbocycles. The Kier molecular flexibility index (Phi) is 4.87. The number of rotatable bonds is 4. The zero-order chi connectivity index (χ0) is 14.4. The van der Waals surface area contributed by atoms with Crippen LogP contribution in [0.15, 0.2) is 24.3 Å². The van der Waals surface area contributed by atoms with Gasteiger partial charge in [0.05, 0.1) is 14.2 Å². The Bertz CT molecular complexity index is 481. The van der Waals surface area contributed by atoms with E-state index in [1.807, 2.05) is 0 Å². The molecule has 0 aromatic heterocycles. The fourth-order valence-corrected chi connectivity index (χ4v) is 1.32. The Labute approximate surface area is 109 Å². The third kappa shape index (κ3) is 3.70.